The van der Waals surface area contributed by atoms with Crippen molar-refractivity contribution in [1.29, 1.82) is 0 Å². The summed E-state index contributed by atoms with van der Waals surface area (Å²) < 4.78 is 43.6. The largest absolute Gasteiger partial charge is 0.550 e. The molecule has 1 aromatic carbocycles. The van der Waals surface area contributed by atoms with Gasteiger partial charge in [-0.25, -0.2) is 0 Å². The Morgan fingerprint density at radius 2 is 1.79 bits per heavy atom. The third kappa shape index (κ3) is 2.87. The number of halogens is 4. The smallest absolute Gasteiger partial charge is 0.416 e. The van der Waals surface area contributed by atoms with E-state index >= 15 is 0 Å². The fourth-order valence-electron chi connectivity index (χ4n) is 2.92. The average Bonchev–Trinajstić information content (AvgIpc) is 3.08. The van der Waals surface area contributed by atoms with Crippen LogP contribution in [0.15, 0.2) is 30.4 Å². The summed E-state index contributed by atoms with van der Waals surface area (Å²) in [6.45, 7) is 0. The van der Waals surface area contributed by atoms with Gasteiger partial charge in [-0.2, -0.15) is 13.2 Å². The van der Waals surface area contributed by atoms with Crippen molar-refractivity contribution in [3.63, 3.8) is 0 Å². The molecule has 1 amide bonds. The normalized spacial score (nSPS) is 28.2. The highest BCUT2D eigenvalue weighted by atomic mass is 35.5. The molecule has 5 nitrogen and oxygen atoms in total. The highest BCUT2D eigenvalue weighted by molar-refractivity contribution is 6.33. The molecule has 1 fully saturated rings. The van der Waals surface area contributed by atoms with Gasteiger partial charge in [-0.05, 0) is 18.2 Å². The molecule has 0 saturated carbocycles. The summed E-state index contributed by atoms with van der Waals surface area (Å²) in [5.74, 6) is -4.55. The molecule has 2 aliphatic heterocycles. The van der Waals surface area contributed by atoms with Crippen LogP contribution in [0.4, 0.5) is 18.9 Å². The first kappa shape index (κ1) is 16.8. The number of hydrogen-bond acceptors (Lipinski definition) is 4. The van der Waals surface area contributed by atoms with Gasteiger partial charge in [-0.3, -0.25) is 4.79 Å². The zero-order chi connectivity index (χ0) is 17.6. The number of ether oxygens (including phenoxy) is 1. The number of aliphatic carboxylic acids is 1. The Balaban J connectivity index is 1.85. The van der Waals surface area contributed by atoms with Gasteiger partial charge in [0.1, 0.15) is 0 Å². The summed E-state index contributed by atoms with van der Waals surface area (Å²) in [5.41, 5.74) is -1.23. The molecular formula is C15H10ClF3NO4-. The van der Waals surface area contributed by atoms with Crippen LogP contribution in [0.3, 0.4) is 0 Å². The van der Waals surface area contributed by atoms with E-state index in [2.05, 4.69) is 5.32 Å². The Hall–Kier alpha value is -2.06. The lowest BCUT2D eigenvalue weighted by Crippen LogP contribution is -2.45. The molecule has 1 aromatic rings. The number of nitrogens with one attached hydrogen (secondary N) is 1. The van der Waals surface area contributed by atoms with Crippen molar-refractivity contribution in [2.24, 2.45) is 11.8 Å². The van der Waals surface area contributed by atoms with E-state index < -0.39 is 47.7 Å². The van der Waals surface area contributed by atoms with Gasteiger partial charge in [0.15, 0.2) is 0 Å². The number of alkyl halides is 3. The molecule has 2 bridgehead atoms. The molecule has 3 rings (SSSR count). The number of rotatable bonds is 3. The highest BCUT2D eigenvalue weighted by Crippen LogP contribution is 2.40. The van der Waals surface area contributed by atoms with E-state index in [0.717, 1.165) is 12.1 Å². The monoisotopic (exact) mass is 360 g/mol. The number of fused-ring (bicyclic) bond motifs is 2. The zero-order valence-electron chi connectivity index (χ0n) is 11.8. The van der Waals surface area contributed by atoms with Crippen LogP contribution >= 0.6 is 11.6 Å². The topological polar surface area (TPSA) is 78.5 Å². The summed E-state index contributed by atoms with van der Waals surface area (Å²) in [5, 5.41) is 13.4. The van der Waals surface area contributed by atoms with Crippen molar-refractivity contribution in [1.82, 2.24) is 0 Å². The van der Waals surface area contributed by atoms with Crippen molar-refractivity contribution in [2.75, 3.05) is 5.32 Å². The van der Waals surface area contributed by atoms with E-state index in [-0.39, 0.29) is 10.7 Å². The number of hydrogen-bond donors (Lipinski definition) is 1. The molecule has 24 heavy (non-hydrogen) atoms. The molecule has 0 spiro atoms. The summed E-state index contributed by atoms with van der Waals surface area (Å²) >= 11 is 5.82. The molecule has 1 saturated heterocycles. The molecule has 2 aliphatic rings. The van der Waals surface area contributed by atoms with Crippen molar-refractivity contribution in [3.8, 4) is 0 Å². The third-order valence-electron chi connectivity index (χ3n) is 4.03. The molecule has 0 unspecified atom stereocenters. The number of carbonyl (C=O) groups excluding carboxylic acids is 2. The molecule has 0 radical (unpaired) electrons. The quantitative estimate of drug-likeness (QED) is 0.831. The minimum atomic E-state index is -4.60. The second kappa shape index (κ2) is 5.78. The van der Waals surface area contributed by atoms with Crippen molar-refractivity contribution in [2.45, 2.75) is 18.4 Å². The number of carbonyl (C=O) groups is 2. The van der Waals surface area contributed by atoms with Crippen molar-refractivity contribution >= 4 is 29.2 Å². The fourth-order valence-corrected chi connectivity index (χ4v) is 3.08. The van der Waals surface area contributed by atoms with Gasteiger partial charge in [0.05, 0.1) is 34.4 Å². The summed E-state index contributed by atoms with van der Waals surface area (Å²) in [6.07, 6.45) is -3.08. The molecule has 4 atom stereocenters. The number of amides is 1. The average molecular weight is 361 g/mol. The van der Waals surface area contributed by atoms with Gasteiger partial charge in [0.2, 0.25) is 5.91 Å². The van der Waals surface area contributed by atoms with Gasteiger partial charge in [-0.15, -0.1) is 0 Å². The number of benzene rings is 1. The Bertz CT molecular complexity index is 734. The molecule has 9 heteroatoms. The standard InChI is InChI=1S/C15H11ClF3NO4/c16-7-2-1-6(15(17,18)19)5-8(7)20-13(21)11-9-3-4-10(24-9)12(11)14(22)23/h1-5,9-12H,(H,20,21)(H,22,23)/p-1/t9-,10+,11-,12+/m1/s1. The van der Waals surface area contributed by atoms with Crippen LogP contribution in [-0.4, -0.2) is 24.1 Å². The summed E-state index contributed by atoms with van der Waals surface area (Å²) in [6, 6.07) is 2.48. The first-order valence-corrected chi connectivity index (χ1v) is 7.28. The Morgan fingerprint density at radius 1 is 1.17 bits per heavy atom. The van der Waals surface area contributed by atoms with E-state index in [9.17, 15) is 27.9 Å². The van der Waals surface area contributed by atoms with Crippen LogP contribution in [0, 0.1) is 11.8 Å². The molecule has 128 valence electrons. The maximum absolute atomic E-state index is 12.8. The third-order valence-corrected chi connectivity index (χ3v) is 4.36. The first-order valence-electron chi connectivity index (χ1n) is 6.91. The van der Waals surface area contributed by atoms with Gasteiger partial charge in [-0.1, -0.05) is 23.8 Å². The lowest BCUT2D eigenvalue weighted by molar-refractivity contribution is -0.313. The van der Waals surface area contributed by atoms with Gasteiger partial charge < -0.3 is 20.0 Å². The Morgan fingerprint density at radius 3 is 2.38 bits per heavy atom. The van der Waals surface area contributed by atoms with Crippen LogP contribution in [0.1, 0.15) is 5.56 Å². The second-order valence-corrected chi connectivity index (χ2v) is 5.91. The maximum atomic E-state index is 12.8. The van der Waals surface area contributed by atoms with Gasteiger partial charge >= 0.3 is 6.18 Å². The lowest BCUT2D eigenvalue weighted by Gasteiger charge is -2.25. The molecular weight excluding hydrogens is 351 g/mol. The van der Waals surface area contributed by atoms with Crippen LogP contribution in [0.25, 0.3) is 0 Å². The summed E-state index contributed by atoms with van der Waals surface area (Å²) in [7, 11) is 0. The van der Waals surface area contributed by atoms with E-state index in [4.69, 9.17) is 16.3 Å². The van der Waals surface area contributed by atoms with Crippen LogP contribution in [0.5, 0.6) is 0 Å². The zero-order valence-corrected chi connectivity index (χ0v) is 12.6. The van der Waals surface area contributed by atoms with E-state index in [1.807, 2.05) is 0 Å². The minimum Gasteiger partial charge on any atom is -0.550 e. The predicted molar refractivity (Wildman–Crippen MR) is 74.9 cm³/mol. The second-order valence-electron chi connectivity index (χ2n) is 5.50. The summed E-state index contributed by atoms with van der Waals surface area (Å²) in [4.78, 5) is 23.6. The van der Waals surface area contributed by atoms with Gasteiger partial charge in [0, 0.05) is 11.9 Å². The van der Waals surface area contributed by atoms with Crippen LogP contribution in [-0.2, 0) is 20.5 Å². The molecule has 0 aliphatic carbocycles. The van der Waals surface area contributed by atoms with E-state index in [1.165, 1.54) is 6.08 Å². The first-order chi connectivity index (χ1) is 11.2. The van der Waals surface area contributed by atoms with Crippen molar-refractivity contribution in [3.05, 3.63) is 40.9 Å². The van der Waals surface area contributed by atoms with Crippen LogP contribution in [0.2, 0.25) is 5.02 Å². The van der Waals surface area contributed by atoms with Gasteiger partial charge in [0.25, 0.3) is 0 Å². The molecule has 1 N–H and O–H groups in total. The lowest BCUT2D eigenvalue weighted by atomic mass is 9.82. The number of carboxylic acid groups (broad SMARTS) is 1. The SMILES string of the molecule is O=C([O-])[C@@H]1[C@H](C(=O)Nc2cc(C(F)(F)F)ccc2Cl)[C@H]2C=C[C@@H]1O2. The fraction of sp³-hybridized carbons (Fsp3) is 0.333. The Labute approximate surface area is 139 Å². The minimum absolute atomic E-state index is 0.0963. The molecule has 2 heterocycles. The maximum Gasteiger partial charge on any atom is 0.416 e. The van der Waals surface area contributed by atoms with Crippen LogP contribution < -0.4 is 10.4 Å². The number of anilines is 1. The predicted octanol–water partition coefficient (Wildman–Crippen LogP) is 1.62. The van der Waals surface area contributed by atoms with Crippen molar-refractivity contribution < 1.29 is 32.6 Å². The number of carboxylic acids is 1. The molecule has 0 aromatic heterocycles. The highest BCUT2D eigenvalue weighted by Gasteiger charge is 2.50. The van der Waals surface area contributed by atoms with E-state index in [1.54, 1.807) is 6.08 Å². The van der Waals surface area contributed by atoms with E-state index in [0.29, 0.717) is 6.07 Å². The Kier molecular flexibility index (Phi) is 4.05.